The molecule has 2 amide bonds. The number of fused-ring (bicyclic) bond motifs is 1. The molecule has 9 heteroatoms. The highest BCUT2D eigenvalue weighted by Gasteiger charge is 2.28. The SMILES string of the molecule is O=C(Cc1c[nH]c2ccc(Cl)cc12)NCC(=O)N[C@@H]1CCS(=O)(=O)C1. The van der Waals surface area contributed by atoms with Crippen molar-refractivity contribution in [2.75, 3.05) is 18.1 Å². The molecule has 1 saturated heterocycles. The Labute approximate surface area is 150 Å². The van der Waals surface area contributed by atoms with E-state index in [1.165, 1.54) is 0 Å². The molecule has 25 heavy (non-hydrogen) atoms. The molecule has 0 spiro atoms. The topological polar surface area (TPSA) is 108 Å². The van der Waals surface area contributed by atoms with Crippen LogP contribution in [0.15, 0.2) is 24.4 Å². The van der Waals surface area contributed by atoms with Gasteiger partial charge in [0, 0.05) is 28.2 Å². The summed E-state index contributed by atoms with van der Waals surface area (Å²) in [7, 11) is -3.05. The molecule has 1 fully saturated rings. The van der Waals surface area contributed by atoms with Gasteiger partial charge in [-0.1, -0.05) is 11.6 Å². The molecule has 1 aliphatic rings. The van der Waals surface area contributed by atoms with Crippen LogP contribution in [-0.4, -0.2) is 49.3 Å². The molecule has 134 valence electrons. The third-order valence-corrected chi connectivity index (χ3v) is 6.13. The van der Waals surface area contributed by atoms with Crippen molar-refractivity contribution >= 4 is 44.2 Å². The molecule has 3 N–H and O–H groups in total. The quantitative estimate of drug-likeness (QED) is 0.709. The number of aromatic nitrogens is 1. The van der Waals surface area contributed by atoms with Gasteiger partial charge < -0.3 is 15.6 Å². The summed E-state index contributed by atoms with van der Waals surface area (Å²) in [6.07, 6.45) is 2.27. The highest BCUT2D eigenvalue weighted by Crippen LogP contribution is 2.22. The molecule has 1 aromatic heterocycles. The second-order valence-electron chi connectivity index (χ2n) is 6.12. The van der Waals surface area contributed by atoms with Crippen molar-refractivity contribution in [3.8, 4) is 0 Å². The Morgan fingerprint density at radius 1 is 1.28 bits per heavy atom. The molecule has 3 rings (SSSR count). The first-order chi connectivity index (χ1) is 11.8. The van der Waals surface area contributed by atoms with Crippen molar-refractivity contribution in [2.45, 2.75) is 18.9 Å². The van der Waals surface area contributed by atoms with Crippen molar-refractivity contribution in [3.63, 3.8) is 0 Å². The highest BCUT2D eigenvalue weighted by atomic mass is 35.5. The number of halogens is 1. The first-order valence-corrected chi connectivity index (χ1v) is 10.0. The number of benzene rings is 1. The van der Waals surface area contributed by atoms with Gasteiger partial charge >= 0.3 is 0 Å². The van der Waals surface area contributed by atoms with Crippen molar-refractivity contribution in [2.24, 2.45) is 0 Å². The van der Waals surface area contributed by atoms with E-state index in [9.17, 15) is 18.0 Å². The summed E-state index contributed by atoms with van der Waals surface area (Å²) in [5.41, 5.74) is 1.67. The summed E-state index contributed by atoms with van der Waals surface area (Å²) in [6.45, 7) is -0.182. The lowest BCUT2D eigenvalue weighted by molar-refractivity contribution is -0.126. The van der Waals surface area contributed by atoms with Gasteiger partial charge in [0.25, 0.3) is 0 Å². The molecule has 2 aromatic rings. The monoisotopic (exact) mass is 383 g/mol. The molecule has 0 radical (unpaired) electrons. The summed E-state index contributed by atoms with van der Waals surface area (Å²) in [5, 5.41) is 6.62. The molecule has 2 heterocycles. The molecule has 0 unspecified atom stereocenters. The van der Waals surface area contributed by atoms with E-state index < -0.39 is 15.7 Å². The van der Waals surface area contributed by atoms with Crippen LogP contribution >= 0.6 is 11.6 Å². The van der Waals surface area contributed by atoms with Crippen molar-refractivity contribution in [3.05, 3.63) is 35.0 Å². The molecule has 0 saturated carbocycles. The van der Waals surface area contributed by atoms with Gasteiger partial charge in [-0.3, -0.25) is 9.59 Å². The lowest BCUT2D eigenvalue weighted by Crippen LogP contribution is -2.42. The van der Waals surface area contributed by atoms with E-state index in [0.717, 1.165) is 16.5 Å². The second kappa shape index (κ2) is 7.05. The van der Waals surface area contributed by atoms with Gasteiger partial charge in [-0.15, -0.1) is 0 Å². The minimum Gasteiger partial charge on any atom is -0.361 e. The first kappa shape index (κ1) is 17.8. The predicted molar refractivity (Wildman–Crippen MR) is 95.2 cm³/mol. The third kappa shape index (κ3) is 4.52. The van der Waals surface area contributed by atoms with E-state index in [0.29, 0.717) is 11.4 Å². The summed E-state index contributed by atoms with van der Waals surface area (Å²) in [6, 6.07) is 5.01. The van der Waals surface area contributed by atoms with Gasteiger partial charge in [-0.05, 0) is 30.2 Å². The number of aromatic amines is 1. The number of carbonyl (C=O) groups is 2. The summed E-state index contributed by atoms with van der Waals surface area (Å²) < 4.78 is 22.7. The van der Waals surface area contributed by atoms with Gasteiger partial charge in [-0.25, -0.2) is 8.42 Å². The normalized spacial score (nSPS) is 19.0. The maximum absolute atomic E-state index is 12.0. The van der Waals surface area contributed by atoms with Crippen molar-refractivity contribution < 1.29 is 18.0 Å². The molecule has 7 nitrogen and oxygen atoms in total. The fourth-order valence-corrected chi connectivity index (χ4v) is 4.74. The van der Waals surface area contributed by atoms with E-state index in [1.807, 2.05) is 6.07 Å². The Kier molecular flexibility index (Phi) is 5.01. The number of hydrogen-bond donors (Lipinski definition) is 3. The zero-order chi connectivity index (χ0) is 18.0. The molecule has 1 atom stereocenters. The zero-order valence-electron chi connectivity index (χ0n) is 13.3. The van der Waals surface area contributed by atoms with E-state index in [-0.39, 0.29) is 36.4 Å². The van der Waals surface area contributed by atoms with E-state index >= 15 is 0 Å². The Morgan fingerprint density at radius 3 is 2.80 bits per heavy atom. The van der Waals surface area contributed by atoms with Gasteiger partial charge in [0.05, 0.1) is 24.5 Å². The van der Waals surface area contributed by atoms with Crippen LogP contribution in [0.4, 0.5) is 0 Å². The lowest BCUT2D eigenvalue weighted by atomic mass is 10.1. The van der Waals surface area contributed by atoms with Crippen LogP contribution in [0, 0.1) is 0 Å². The zero-order valence-corrected chi connectivity index (χ0v) is 14.9. The average molecular weight is 384 g/mol. The fourth-order valence-electron chi connectivity index (χ4n) is 2.90. The van der Waals surface area contributed by atoms with Crippen LogP contribution < -0.4 is 10.6 Å². The summed E-state index contributed by atoms with van der Waals surface area (Å²) in [5.74, 6) is -0.636. The lowest BCUT2D eigenvalue weighted by Gasteiger charge is -2.11. The number of hydrogen-bond acceptors (Lipinski definition) is 4. The van der Waals surface area contributed by atoms with Gasteiger partial charge in [0.2, 0.25) is 11.8 Å². The molecular weight excluding hydrogens is 366 g/mol. The predicted octanol–water partition coefficient (Wildman–Crippen LogP) is 0.783. The summed E-state index contributed by atoms with van der Waals surface area (Å²) in [4.78, 5) is 26.9. The third-order valence-electron chi connectivity index (χ3n) is 4.12. The van der Waals surface area contributed by atoms with E-state index in [4.69, 9.17) is 11.6 Å². The number of rotatable bonds is 5. The van der Waals surface area contributed by atoms with Crippen LogP contribution in [0.3, 0.4) is 0 Å². The fraction of sp³-hybridized carbons (Fsp3) is 0.375. The highest BCUT2D eigenvalue weighted by molar-refractivity contribution is 7.91. The standard InChI is InChI=1S/C16H18ClN3O4S/c17-11-1-2-14-13(6-11)10(7-18-14)5-15(21)19-8-16(22)20-12-3-4-25(23,24)9-12/h1-2,6-7,12,18H,3-5,8-9H2,(H,19,21)(H,20,22)/t12-/m1/s1. The first-order valence-electron chi connectivity index (χ1n) is 7.84. The van der Waals surface area contributed by atoms with Crippen molar-refractivity contribution in [1.29, 1.82) is 0 Å². The summed E-state index contributed by atoms with van der Waals surface area (Å²) >= 11 is 5.98. The molecule has 1 aromatic carbocycles. The maximum atomic E-state index is 12.0. The van der Waals surface area contributed by atoms with Crippen molar-refractivity contribution in [1.82, 2.24) is 15.6 Å². The minimum atomic E-state index is -3.05. The molecule has 1 aliphatic heterocycles. The smallest absolute Gasteiger partial charge is 0.239 e. The van der Waals surface area contributed by atoms with Crippen LogP contribution in [0.2, 0.25) is 5.02 Å². The molecule has 0 aliphatic carbocycles. The Hall–Kier alpha value is -2.06. The maximum Gasteiger partial charge on any atom is 0.239 e. The second-order valence-corrected chi connectivity index (χ2v) is 8.79. The van der Waals surface area contributed by atoms with Gasteiger partial charge in [0.1, 0.15) is 0 Å². The minimum absolute atomic E-state index is 0.0389. The Balaban J connectivity index is 1.51. The van der Waals surface area contributed by atoms with Crippen LogP contribution in [0.1, 0.15) is 12.0 Å². The number of H-pyrrole nitrogens is 1. The van der Waals surface area contributed by atoms with Crippen LogP contribution in [0.25, 0.3) is 10.9 Å². The number of amides is 2. The average Bonchev–Trinajstić information content (AvgIpc) is 3.08. The van der Waals surface area contributed by atoms with Crippen LogP contribution in [0.5, 0.6) is 0 Å². The number of nitrogens with one attached hydrogen (secondary N) is 3. The van der Waals surface area contributed by atoms with E-state index in [1.54, 1.807) is 18.3 Å². The van der Waals surface area contributed by atoms with Crippen LogP contribution in [-0.2, 0) is 25.8 Å². The largest absolute Gasteiger partial charge is 0.361 e. The molecule has 0 bridgehead atoms. The van der Waals surface area contributed by atoms with E-state index in [2.05, 4.69) is 15.6 Å². The number of sulfone groups is 1. The van der Waals surface area contributed by atoms with Gasteiger partial charge in [0.15, 0.2) is 9.84 Å². The molecular formula is C16H18ClN3O4S. The number of carbonyl (C=O) groups excluding carboxylic acids is 2. The Bertz CT molecular complexity index is 923. The Morgan fingerprint density at radius 2 is 2.08 bits per heavy atom. The van der Waals surface area contributed by atoms with Gasteiger partial charge in [-0.2, -0.15) is 0 Å².